The first-order valence-corrected chi connectivity index (χ1v) is 6.26. The summed E-state index contributed by atoms with van der Waals surface area (Å²) in [6.45, 7) is 0. The van der Waals surface area contributed by atoms with E-state index in [0.29, 0.717) is 11.5 Å². The Kier molecular flexibility index (Phi) is 2.58. The van der Waals surface area contributed by atoms with Gasteiger partial charge in [0.05, 0.1) is 17.6 Å². The number of H-pyrrole nitrogens is 1. The number of thiophene rings is 1. The van der Waals surface area contributed by atoms with Crippen molar-refractivity contribution in [2.45, 2.75) is 0 Å². The zero-order valence-corrected chi connectivity index (χ0v) is 10.7. The third-order valence-electron chi connectivity index (χ3n) is 2.70. The summed E-state index contributed by atoms with van der Waals surface area (Å²) in [5.41, 5.74) is 0.912. The van der Waals surface area contributed by atoms with Gasteiger partial charge >= 0.3 is 5.97 Å². The number of aromatic amines is 1. The highest BCUT2D eigenvalue weighted by atomic mass is 32.1. The molecule has 0 aromatic carbocycles. The van der Waals surface area contributed by atoms with Crippen molar-refractivity contribution in [3.05, 3.63) is 34.8 Å². The SMILES string of the molecule is COC(=O)c1c(C#N)cn2nc(-c3cccs3)[nH]c12. The number of hydrogen-bond acceptors (Lipinski definition) is 5. The Hall–Kier alpha value is -2.59. The van der Waals surface area contributed by atoms with Crippen LogP contribution in [0.3, 0.4) is 0 Å². The third-order valence-corrected chi connectivity index (χ3v) is 3.57. The van der Waals surface area contributed by atoms with Crippen molar-refractivity contribution < 1.29 is 9.53 Å². The summed E-state index contributed by atoms with van der Waals surface area (Å²) in [5, 5.41) is 15.3. The molecule has 0 aliphatic heterocycles. The number of esters is 1. The van der Waals surface area contributed by atoms with Gasteiger partial charge in [0.25, 0.3) is 0 Å². The number of aromatic nitrogens is 3. The Morgan fingerprint density at radius 2 is 2.47 bits per heavy atom. The maximum absolute atomic E-state index is 11.7. The highest BCUT2D eigenvalue weighted by Gasteiger charge is 2.21. The maximum atomic E-state index is 11.7. The molecule has 0 bridgehead atoms. The maximum Gasteiger partial charge on any atom is 0.343 e. The van der Waals surface area contributed by atoms with E-state index in [-0.39, 0.29) is 11.1 Å². The molecule has 0 unspecified atom stereocenters. The van der Waals surface area contributed by atoms with Crippen molar-refractivity contribution in [1.82, 2.24) is 14.6 Å². The predicted octanol–water partition coefficient (Wildman–Crippen LogP) is 2.05. The van der Waals surface area contributed by atoms with Crippen LogP contribution in [0.5, 0.6) is 0 Å². The number of ether oxygens (including phenoxy) is 1. The van der Waals surface area contributed by atoms with Gasteiger partial charge in [-0.1, -0.05) is 6.07 Å². The molecule has 0 saturated carbocycles. The molecule has 0 fully saturated rings. The quantitative estimate of drug-likeness (QED) is 0.724. The van der Waals surface area contributed by atoms with Crippen LogP contribution in [0.25, 0.3) is 16.3 Å². The van der Waals surface area contributed by atoms with E-state index in [1.807, 2.05) is 23.6 Å². The van der Waals surface area contributed by atoms with E-state index in [1.54, 1.807) is 0 Å². The fourth-order valence-corrected chi connectivity index (χ4v) is 2.52. The van der Waals surface area contributed by atoms with Crippen LogP contribution in [0.1, 0.15) is 15.9 Å². The van der Waals surface area contributed by atoms with Crippen LogP contribution in [0, 0.1) is 11.3 Å². The molecule has 7 heteroatoms. The van der Waals surface area contributed by atoms with Crippen LogP contribution < -0.4 is 0 Å². The zero-order valence-electron chi connectivity index (χ0n) is 9.88. The summed E-state index contributed by atoms with van der Waals surface area (Å²) in [6, 6.07) is 5.80. The Bertz CT molecular complexity index is 792. The number of carbonyl (C=O) groups is 1. The number of nitrogens with zero attached hydrogens (tertiary/aromatic N) is 3. The van der Waals surface area contributed by atoms with Gasteiger partial charge in [0.2, 0.25) is 0 Å². The number of methoxy groups -OCH3 is 1. The zero-order chi connectivity index (χ0) is 13.4. The molecule has 0 amide bonds. The van der Waals surface area contributed by atoms with E-state index < -0.39 is 5.97 Å². The largest absolute Gasteiger partial charge is 0.465 e. The van der Waals surface area contributed by atoms with E-state index in [4.69, 9.17) is 10.00 Å². The summed E-state index contributed by atoms with van der Waals surface area (Å²) >= 11 is 1.54. The van der Waals surface area contributed by atoms with Gasteiger partial charge in [-0.15, -0.1) is 16.4 Å². The normalized spacial score (nSPS) is 10.5. The molecule has 1 N–H and O–H groups in total. The average Bonchev–Trinajstić information content (AvgIpc) is 3.11. The summed E-state index contributed by atoms with van der Waals surface area (Å²) in [7, 11) is 1.28. The fraction of sp³-hybridized carbons (Fsp3) is 0.0833. The number of carbonyl (C=O) groups excluding carboxylic acids is 1. The molecule has 0 aliphatic carbocycles. The second-order valence-corrected chi connectivity index (χ2v) is 4.71. The first-order chi connectivity index (χ1) is 9.24. The standard InChI is InChI=1S/C12H8N4O2S/c1-18-12(17)9-7(5-13)6-16-11(9)14-10(15-16)8-3-2-4-19-8/h2-4,6H,1H3,(H,14,15). The van der Waals surface area contributed by atoms with Crippen LogP contribution in [-0.4, -0.2) is 27.7 Å². The molecule has 3 aromatic heterocycles. The van der Waals surface area contributed by atoms with Gasteiger partial charge < -0.3 is 9.72 Å². The van der Waals surface area contributed by atoms with E-state index in [0.717, 1.165) is 4.88 Å². The number of nitriles is 1. The van der Waals surface area contributed by atoms with Gasteiger partial charge in [-0.25, -0.2) is 9.31 Å². The third kappa shape index (κ3) is 1.70. The second kappa shape index (κ2) is 4.26. The van der Waals surface area contributed by atoms with Crippen molar-refractivity contribution in [3.8, 4) is 16.8 Å². The molecule has 3 rings (SSSR count). The van der Waals surface area contributed by atoms with Crippen molar-refractivity contribution >= 4 is 23.0 Å². The molecule has 0 aliphatic rings. The molecule has 3 heterocycles. The molecular formula is C12H8N4O2S. The van der Waals surface area contributed by atoms with E-state index in [1.165, 1.54) is 29.2 Å². The monoisotopic (exact) mass is 272 g/mol. The minimum absolute atomic E-state index is 0.209. The molecule has 94 valence electrons. The molecular weight excluding hydrogens is 264 g/mol. The minimum atomic E-state index is -0.555. The lowest BCUT2D eigenvalue weighted by atomic mass is 10.2. The molecule has 6 nitrogen and oxygen atoms in total. The first kappa shape index (κ1) is 11.5. The highest BCUT2D eigenvalue weighted by Crippen LogP contribution is 2.24. The lowest BCUT2D eigenvalue weighted by Gasteiger charge is -1.95. The van der Waals surface area contributed by atoms with Gasteiger partial charge in [0, 0.05) is 6.20 Å². The first-order valence-electron chi connectivity index (χ1n) is 5.38. The number of rotatable bonds is 2. The fourth-order valence-electron chi connectivity index (χ4n) is 1.85. The van der Waals surface area contributed by atoms with Crippen LogP contribution in [0.4, 0.5) is 0 Å². The summed E-state index contributed by atoms with van der Waals surface area (Å²) in [5.74, 6) is 0.0973. The van der Waals surface area contributed by atoms with E-state index in [2.05, 4.69) is 10.1 Å². The van der Waals surface area contributed by atoms with Crippen molar-refractivity contribution in [3.63, 3.8) is 0 Å². The summed E-state index contributed by atoms with van der Waals surface area (Å²) < 4.78 is 6.18. The molecule has 0 radical (unpaired) electrons. The lowest BCUT2D eigenvalue weighted by Crippen LogP contribution is -2.02. The predicted molar refractivity (Wildman–Crippen MR) is 68.9 cm³/mol. The molecule has 0 atom stereocenters. The topological polar surface area (TPSA) is 83.2 Å². The van der Waals surface area contributed by atoms with Crippen molar-refractivity contribution in [2.24, 2.45) is 0 Å². The van der Waals surface area contributed by atoms with Crippen molar-refractivity contribution in [1.29, 1.82) is 5.26 Å². The van der Waals surface area contributed by atoms with Crippen LogP contribution >= 0.6 is 11.3 Å². The minimum Gasteiger partial charge on any atom is -0.465 e. The Morgan fingerprint density at radius 1 is 1.63 bits per heavy atom. The van der Waals surface area contributed by atoms with Gasteiger partial charge in [0.1, 0.15) is 17.3 Å². The number of hydrogen-bond donors (Lipinski definition) is 1. The number of nitrogens with one attached hydrogen (secondary N) is 1. The Balaban J connectivity index is 2.23. The second-order valence-electron chi connectivity index (χ2n) is 3.77. The van der Waals surface area contributed by atoms with Gasteiger partial charge in [0.15, 0.2) is 5.82 Å². The average molecular weight is 272 g/mol. The van der Waals surface area contributed by atoms with Gasteiger partial charge in [-0.3, -0.25) is 0 Å². The highest BCUT2D eigenvalue weighted by molar-refractivity contribution is 7.13. The summed E-state index contributed by atoms with van der Waals surface area (Å²) in [4.78, 5) is 15.7. The molecule has 19 heavy (non-hydrogen) atoms. The number of fused-ring (bicyclic) bond motifs is 1. The van der Waals surface area contributed by atoms with Crippen LogP contribution in [0.2, 0.25) is 0 Å². The summed E-state index contributed by atoms with van der Waals surface area (Å²) in [6.07, 6.45) is 1.51. The van der Waals surface area contributed by atoms with Gasteiger partial charge in [-0.05, 0) is 11.4 Å². The van der Waals surface area contributed by atoms with Crippen molar-refractivity contribution in [2.75, 3.05) is 7.11 Å². The van der Waals surface area contributed by atoms with E-state index >= 15 is 0 Å². The van der Waals surface area contributed by atoms with Gasteiger partial charge in [-0.2, -0.15) is 5.26 Å². The van der Waals surface area contributed by atoms with Crippen LogP contribution in [-0.2, 0) is 4.74 Å². The molecule has 0 spiro atoms. The van der Waals surface area contributed by atoms with E-state index in [9.17, 15) is 4.79 Å². The van der Waals surface area contributed by atoms with Crippen LogP contribution in [0.15, 0.2) is 23.7 Å². The molecule has 0 saturated heterocycles. The smallest absolute Gasteiger partial charge is 0.343 e. The molecule has 3 aromatic rings. The Labute approximate surface area is 111 Å². The lowest BCUT2D eigenvalue weighted by molar-refractivity contribution is 0.0602. The Morgan fingerprint density at radius 3 is 3.11 bits per heavy atom.